The van der Waals surface area contributed by atoms with E-state index < -0.39 is 37.5 Å². The third kappa shape index (κ3) is 9.45. The summed E-state index contributed by atoms with van der Waals surface area (Å²) in [6.45, 7) is 8.17. The van der Waals surface area contributed by atoms with Crippen molar-refractivity contribution in [2.45, 2.75) is 89.7 Å². The Hall–Kier alpha value is -3.13. The predicted molar refractivity (Wildman–Crippen MR) is 162 cm³/mol. The Morgan fingerprint density at radius 2 is 1.76 bits per heavy atom. The number of unbranched alkanes of at least 4 members (excludes halogenated alkanes) is 4. The Labute approximate surface area is 249 Å². The Morgan fingerprint density at radius 3 is 2.43 bits per heavy atom. The average molecular weight is 626 g/mol. The monoisotopic (exact) mass is 625 g/mol. The second-order valence-corrected chi connectivity index (χ2v) is 15.4. The van der Waals surface area contributed by atoms with Crippen LogP contribution < -0.4 is 14.9 Å². The van der Waals surface area contributed by atoms with E-state index >= 15 is 0 Å². The number of hydrogen-bond donors (Lipinski definition) is 2. The SMILES string of the molecule is CCCCCCCS(=O)(=O)c1ccc2c(c1)CCN2C(=O)c1cnn(CCCNC(=O)OC(C)(C)C)c1NS(C)(=O)=O. The van der Waals surface area contributed by atoms with Gasteiger partial charge in [0.15, 0.2) is 15.7 Å². The molecule has 0 atom stereocenters. The van der Waals surface area contributed by atoms with Crippen molar-refractivity contribution >= 4 is 43.4 Å². The van der Waals surface area contributed by atoms with Gasteiger partial charge in [0, 0.05) is 25.3 Å². The van der Waals surface area contributed by atoms with E-state index in [9.17, 15) is 26.4 Å². The molecule has 0 fully saturated rings. The number of rotatable bonds is 14. The van der Waals surface area contributed by atoms with Crippen molar-refractivity contribution in [1.29, 1.82) is 0 Å². The lowest BCUT2D eigenvalue weighted by molar-refractivity contribution is 0.0526. The summed E-state index contributed by atoms with van der Waals surface area (Å²) in [6.07, 6.45) is 7.29. The molecule has 234 valence electrons. The molecule has 0 bridgehead atoms. The van der Waals surface area contributed by atoms with E-state index in [2.05, 4.69) is 22.1 Å². The molecule has 3 rings (SSSR count). The van der Waals surface area contributed by atoms with Crippen molar-refractivity contribution in [1.82, 2.24) is 15.1 Å². The Bertz CT molecular complexity index is 1480. The molecular weight excluding hydrogens is 582 g/mol. The van der Waals surface area contributed by atoms with E-state index in [1.54, 1.807) is 32.9 Å². The lowest BCUT2D eigenvalue weighted by Crippen LogP contribution is -2.33. The number of hydrogen-bond acceptors (Lipinski definition) is 8. The van der Waals surface area contributed by atoms with Gasteiger partial charge in [-0.3, -0.25) is 9.52 Å². The van der Waals surface area contributed by atoms with Gasteiger partial charge in [0.05, 0.1) is 23.1 Å². The van der Waals surface area contributed by atoms with Crippen LogP contribution in [-0.2, 0) is 37.6 Å². The molecule has 42 heavy (non-hydrogen) atoms. The first kappa shape index (κ1) is 33.4. The zero-order chi connectivity index (χ0) is 31.1. The summed E-state index contributed by atoms with van der Waals surface area (Å²) in [6, 6.07) is 4.81. The zero-order valence-electron chi connectivity index (χ0n) is 25.1. The smallest absolute Gasteiger partial charge is 0.407 e. The maximum Gasteiger partial charge on any atom is 0.407 e. The topological polar surface area (TPSA) is 157 Å². The molecule has 0 unspecified atom stereocenters. The number of anilines is 2. The first-order chi connectivity index (χ1) is 19.6. The minimum Gasteiger partial charge on any atom is -0.444 e. The number of nitrogens with zero attached hydrogens (tertiary/aromatic N) is 3. The van der Waals surface area contributed by atoms with E-state index in [1.165, 1.54) is 21.8 Å². The standard InChI is InChI=1S/C28H43N5O7S2/c1-6-7-8-9-10-18-42(38,39)22-12-13-24-21(19-22)14-17-32(24)26(34)23-20-30-33(25(23)31-41(5,36)37)16-11-15-29-27(35)40-28(2,3)4/h12-13,19-20,31H,6-11,14-18H2,1-5H3,(H,29,35). The largest absolute Gasteiger partial charge is 0.444 e. The number of amides is 2. The van der Waals surface area contributed by atoms with Gasteiger partial charge in [-0.1, -0.05) is 32.6 Å². The van der Waals surface area contributed by atoms with E-state index in [0.717, 1.165) is 37.5 Å². The molecule has 1 aromatic carbocycles. The van der Waals surface area contributed by atoms with Crippen LogP contribution in [0.25, 0.3) is 0 Å². The molecule has 0 saturated carbocycles. The van der Waals surface area contributed by atoms with Crippen molar-refractivity contribution in [3.8, 4) is 0 Å². The lowest BCUT2D eigenvalue weighted by Gasteiger charge is -2.20. The highest BCUT2D eigenvalue weighted by atomic mass is 32.2. The van der Waals surface area contributed by atoms with Gasteiger partial charge in [0.2, 0.25) is 10.0 Å². The number of alkyl carbamates (subject to hydrolysis) is 1. The molecule has 0 saturated heterocycles. The van der Waals surface area contributed by atoms with Crippen molar-refractivity contribution in [3.05, 3.63) is 35.5 Å². The van der Waals surface area contributed by atoms with Gasteiger partial charge in [0.25, 0.3) is 5.91 Å². The quantitative estimate of drug-likeness (QED) is 0.297. The van der Waals surface area contributed by atoms with Gasteiger partial charge in [-0.2, -0.15) is 5.10 Å². The summed E-state index contributed by atoms with van der Waals surface area (Å²) in [5.74, 6) is -0.342. The van der Waals surface area contributed by atoms with E-state index in [1.807, 2.05) is 0 Å². The molecular formula is C28H43N5O7S2. The molecule has 1 aliphatic rings. The van der Waals surface area contributed by atoms with Crippen LogP contribution in [0, 0.1) is 0 Å². The summed E-state index contributed by atoms with van der Waals surface area (Å²) < 4.78 is 59.1. The summed E-state index contributed by atoms with van der Waals surface area (Å²) in [4.78, 5) is 27.3. The molecule has 2 amide bonds. The van der Waals surface area contributed by atoms with Crippen molar-refractivity contribution in [2.24, 2.45) is 0 Å². The summed E-state index contributed by atoms with van der Waals surface area (Å²) in [5.41, 5.74) is 0.763. The van der Waals surface area contributed by atoms with E-state index in [0.29, 0.717) is 31.5 Å². The molecule has 12 nitrogen and oxygen atoms in total. The molecule has 2 aromatic rings. The molecule has 0 spiro atoms. The second-order valence-electron chi connectivity index (χ2n) is 11.5. The fourth-order valence-electron chi connectivity index (χ4n) is 4.67. The highest BCUT2D eigenvalue weighted by Crippen LogP contribution is 2.33. The number of ether oxygens (including phenoxy) is 1. The number of nitrogens with one attached hydrogen (secondary N) is 2. The normalized spacial score (nSPS) is 13.6. The van der Waals surface area contributed by atoms with Gasteiger partial charge in [-0.25, -0.2) is 26.3 Å². The Balaban J connectivity index is 1.73. The number of aryl methyl sites for hydroxylation is 1. The van der Waals surface area contributed by atoms with Crippen LogP contribution in [0.5, 0.6) is 0 Å². The third-order valence-electron chi connectivity index (χ3n) is 6.63. The Kier molecular flexibility index (Phi) is 11.0. The molecule has 2 N–H and O–H groups in total. The number of carbonyl (C=O) groups is 2. The minimum atomic E-state index is -3.75. The maximum atomic E-state index is 13.6. The van der Waals surface area contributed by atoms with Gasteiger partial charge >= 0.3 is 6.09 Å². The number of fused-ring (bicyclic) bond motifs is 1. The first-order valence-electron chi connectivity index (χ1n) is 14.3. The third-order valence-corrected chi connectivity index (χ3v) is 9.00. The average Bonchev–Trinajstić information content (AvgIpc) is 3.47. The zero-order valence-corrected chi connectivity index (χ0v) is 26.7. The van der Waals surface area contributed by atoms with Gasteiger partial charge < -0.3 is 15.0 Å². The second kappa shape index (κ2) is 13.9. The highest BCUT2D eigenvalue weighted by molar-refractivity contribution is 7.92. The number of aromatic nitrogens is 2. The minimum absolute atomic E-state index is 0.0236. The molecule has 1 aromatic heterocycles. The van der Waals surface area contributed by atoms with E-state index in [-0.39, 0.29) is 35.1 Å². The van der Waals surface area contributed by atoms with E-state index in [4.69, 9.17) is 4.74 Å². The molecule has 14 heteroatoms. The first-order valence-corrected chi connectivity index (χ1v) is 17.8. The van der Waals surface area contributed by atoms with Crippen LogP contribution in [0.1, 0.15) is 82.1 Å². The molecule has 2 heterocycles. The summed E-state index contributed by atoms with van der Waals surface area (Å²) >= 11 is 0. The van der Waals surface area contributed by atoms with Gasteiger partial charge in [0.1, 0.15) is 11.2 Å². The van der Waals surface area contributed by atoms with Crippen molar-refractivity contribution in [2.75, 3.05) is 34.7 Å². The van der Waals surface area contributed by atoms with Crippen LogP contribution in [-0.4, -0.2) is 69.3 Å². The van der Waals surface area contributed by atoms with Crippen molar-refractivity contribution < 1.29 is 31.2 Å². The lowest BCUT2D eigenvalue weighted by atomic mass is 10.2. The van der Waals surface area contributed by atoms with Crippen LogP contribution in [0.2, 0.25) is 0 Å². The van der Waals surface area contributed by atoms with Crippen LogP contribution in [0.3, 0.4) is 0 Å². The number of benzene rings is 1. The summed E-state index contributed by atoms with van der Waals surface area (Å²) in [5, 5.41) is 6.88. The number of carbonyl (C=O) groups excluding carboxylic acids is 2. The molecule has 0 aliphatic carbocycles. The predicted octanol–water partition coefficient (Wildman–Crippen LogP) is 4.12. The maximum absolute atomic E-state index is 13.6. The number of sulfone groups is 1. The van der Waals surface area contributed by atoms with Crippen LogP contribution >= 0.6 is 0 Å². The van der Waals surface area contributed by atoms with Crippen molar-refractivity contribution in [3.63, 3.8) is 0 Å². The fraction of sp³-hybridized carbons (Fsp3) is 0.607. The van der Waals surface area contributed by atoms with Crippen LogP contribution in [0.4, 0.5) is 16.3 Å². The van der Waals surface area contributed by atoms with Crippen LogP contribution in [0.15, 0.2) is 29.3 Å². The number of sulfonamides is 1. The highest BCUT2D eigenvalue weighted by Gasteiger charge is 2.31. The molecule has 0 radical (unpaired) electrons. The summed E-state index contributed by atoms with van der Waals surface area (Å²) in [7, 11) is -7.18. The van der Waals surface area contributed by atoms with Gasteiger partial charge in [-0.05, 0) is 63.8 Å². The van der Waals surface area contributed by atoms with Gasteiger partial charge in [-0.15, -0.1) is 0 Å². The molecule has 1 aliphatic heterocycles. The Morgan fingerprint density at radius 1 is 1.05 bits per heavy atom. The fourth-order valence-corrected chi connectivity index (χ4v) is 6.65.